The Morgan fingerprint density at radius 1 is 1.40 bits per heavy atom. The van der Waals surface area contributed by atoms with E-state index in [1.165, 1.54) is 24.3 Å². The summed E-state index contributed by atoms with van der Waals surface area (Å²) in [5.74, 6) is -1.14. The molecule has 0 aromatic heterocycles. The number of carboxylic acid groups (broad SMARTS) is 1. The van der Waals surface area contributed by atoms with Crippen LogP contribution in [0.1, 0.15) is 43.5 Å². The first-order valence-electron chi connectivity index (χ1n) is 6.58. The molecule has 0 amide bonds. The largest absolute Gasteiger partial charge is 0.478 e. The highest BCUT2D eigenvalue weighted by Crippen LogP contribution is 2.37. The number of carbonyl (C=O) groups is 1. The van der Waals surface area contributed by atoms with Gasteiger partial charge < -0.3 is 5.11 Å². The topological polar surface area (TPSA) is 83.5 Å². The number of hydrogen-bond acceptors (Lipinski definition) is 3. The molecule has 0 spiro atoms. The summed E-state index contributed by atoms with van der Waals surface area (Å²) in [4.78, 5) is 10.9. The van der Waals surface area contributed by atoms with E-state index in [9.17, 15) is 13.2 Å². The molecule has 1 unspecified atom stereocenters. The van der Waals surface area contributed by atoms with Crippen LogP contribution in [0.3, 0.4) is 0 Å². The average molecular weight is 297 g/mol. The van der Waals surface area contributed by atoms with Gasteiger partial charge in [-0.3, -0.25) is 0 Å². The molecule has 6 heteroatoms. The van der Waals surface area contributed by atoms with Crippen LogP contribution in [0, 0.1) is 5.41 Å². The molecule has 1 aromatic rings. The predicted molar refractivity (Wildman–Crippen MR) is 75.1 cm³/mol. The van der Waals surface area contributed by atoms with Gasteiger partial charge in [0.15, 0.2) is 0 Å². The van der Waals surface area contributed by atoms with Gasteiger partial charge in [0.1, 0.15) is 0 Å². The number of benzene rings is 1. The Morgan fingerprint density at radius 2 is 2.10 bits per heavy atom. The summed E-state index contributed by atoms with van der Waals surface area (Å²) in [6.45, 7) is 4.09. The zero-order valence-electron chi connectivity index (χ0n) is 11.6. The smallest absolute Gasteiger partial charge is 0.335 e. The third kappa shape index (κ3) is 3.02. The summed E-state index contributed by atoms with van der Waals surface area (Å²) in [6, 6.07) is 5.31. The van der Waals surface area contributed by atoms with Crippen molar-refractivity contribution in [3.05, 3.63) is 29.8 Å². The molecule has 0 aliphatic heterocycles. The van der Waals surface area contributed by atoms with Crippen molar-refractivity contribution in [3.8, 4) is 0 Å². The molecule has 2 N–H and O–H groups in total. The summed E-state index contributed by atoms with van der Waals surface area (Å²) in [6.07, 6.45) is 2.79. The van der Waals surface area contributed by atoms with Crippen LogP contribution in [0.15, 0.2) is 29.2 Å². The van der Waals surface area contributed by atoms with Crippen LogP contribution in [0.4, 0.5) is 0 Å². The highest BCUT2D eigenvalue weighted by molar-refractivity contribution is 7.89. The molecule has 0 heterocycles. The molecule has 1 atom stereocenters. The van der Waals surface area contributed by atoms with E-state index in [4.69, 9.17) is 5.11 Å². The van der Waals surface area contributed by atoms with Crippen LogP contribution in [0.25, 0.3) is 0 Å². The van der Waals surface area contributed by atoms with E-state index in [-0.39, 0.29) is 21.9 Å². The maximum Gasteiger partial charge on any atom is 0.335 e. The van der Waals surface area contributed by atoms with Gasteiger partial charge in [-0.25, -0.2) is 17.9 Å². The van der Waals surface area contributed by atoms with Crippen LogP contribution < -0.4 is 4.72 Å². The Bertz CT molecular complexity index is 622. The highest BCUT2D eigenvalue weighted by atomic mass is 32.2. The van der Waals surface area contributed by atoms with Gasteiger partial charge in [-0.1, -0.05) is 26.3 Å². The maximum atomic E-state index is 12.3. The van der Waals surface area contributed by atoms with Crippen LogP contribution in [0.5, 0.6) is 0 Å². The van der Waals surface area contributed by atoms with Crippen LogP contribution >= 0.6 is 0 Å². The summed E-state index contributed by atoms with van der Waals surface area (Å²) >= 11 is 0. The number of sulfonamides is 1. The molecule has 110 valence electrons. The van der Waals surface area contributed by atoms with E-state index in [2.05, 4.69) is 4.72 Å². The molecule has 20 heavy (non-hydrogen) atoms. The third-order valence-electron chi connectivity index (χ3n) is 3.95. The molecule has 0 radical (unpaired) electrons. The second-order valence-corrected chi connectivity index (χ2v) is 7.60. The predicted octanol–water partition coefficient (Wildman–Crippen LogP) is 2.24. The monoisotopic (exact) mass is 297 g/mol. The molecule has 1 saturated carbocycles. The average Bonchev–Trinajstić information content (AvgIpc) is 2.68. The zero-order valence-corrected chi connectivity index (χ0v) is 12.4. The Balaban J connectivity index is 2.27. The molecule has 2 rings (SSSR count). The number of aromatic carboxylic acids is 1. The third-order valence-corrected chi connectivity index (χ3v) is 5.42. The first kappa shape index (κ1) is 15.0. The van der Waals surface area contributed by atoms with Crippen LogP contribution in [0.2, 0.25) is 0 Å². The van der Waals surface area contributed by atoms with Gasteiger partial charge in [0, 0.05) is 6.04 Å². The van der Waals surface area contributed by atoms with Crippen molar-refractivity contribution >= 4 is 16.0 Å². The van der Waals surface area contributed by atoms with E-state index >= 15 is 0 Å². The van der Waals surface area contributed by atoms with Crippen molar-refractivity contribution in [1.82, 2.24) is 4.72 Å². The van der Waals surface area contributed by atoms with Gasteiger partial charge >= 0.3 is 5.97 Å². The summed E-state index contributed by atoms with van der Waals surface area (Å²) in [5.41, 5.74) is -0.101. The minimum Gasteiger partial charge on any atom is -0.478 e. The van der Waals surface area contributed by atoms with Gasteiger partial charge in [-0.2, -0.15) is 0 Å². The fourth-order valence-electron chi connectivity index (χ4n) is 2.60. The quantitative estimate of drug-likeness (QED) is 0.892. The van der Waals surface area contributed by atoms with Gasteiger partial charge in [-0.05, 0) is 36.5 Å². The zero-order chi connectivity index (χ0) is 15.0. The fraction of sp³-hybridized carbons (Fsp3) is 0.500. The molecule has 1 aromatic carbocycles. The first-order chi connectivity index (χ1) is 9.22. The van der Waals surface area contributed by atoms with Crippen molar-refractivity contribution < 1.29 is 18.3 Å². The van der Waals surface area contributed by atoms with Gasteiger partial charge in [-0.15, -0.1) is 0 Å². The lowest BCUT2D eigenvalue weighted by atomic mass is 9.88. The molecule has 5 nitrogen and oxygen atoms in total. The fourth-order valence-corrected chi connectivity index (χ4v) is 4.08. The van der Waals surface area contributed by atoms with E-state index < -0.39 is 16.0 Å². The molecular formula is C14H19NO4S. The van der Waals surface area contributed by atoms with E-state index in [0.29, 0.717) is 0 Å². The molecule has 1 aliphatic carbocycles. The Hall–Kier alpha value is -1.40. The maximum absolute atomic E-state index is 12.3. The van der Waals surface area contributed by atoms with Gasteiger partial charge in [0.2, 0.25) is 10.0 Å². The lowest BCUT2D eigenvalue weighted by Gasteiger charge is -2.27. The number of carboxylic acids is 1. The Morgan fingerprint density at radius 3 is 2.65 bits per heavy atom. The number of hydrogen-bond donors (Lipinski definition) is 2. The van der Waals surface area contributed by atoms with Gasteiger partial charge in [0.05, 0.1) is 10.5 Å². The minimum absolute atomic E-state index is 0.0000926. The van der Waals surface area contributed by atoms with Crippen LogP contribution in [-0.4, -0.2) is 25.5 Å². The van der Waals surface area contributed by atoms with Crippen molar-refractivity contribution in [2.45, 2.75) is 44.0 Å². The van der Waals surface area contributed by atoms with Crippen molar-refractivity contribution in [1.29, 1.82) is 0 Å². The minimum atomic E-state index is -3.68. The summed E-state index contributed by atoms with van der Waals surface area (Å²) < 4.78 is 27.4. The lowest BCUT2D eigenvalue weighted by molar-refractivity contribution is 0.0696. The van der Waals surface area contributed by atoms with Crippen molar-refractivity contribution in [3.63, 3.8) is 0 Å². The number of nitrogens with one attached hydrogen (secondary N) is 1. The van der Waals surface area contributed by atoms with E-state index in [1.54, 1.807) is 0 Å². The molecule has 0 saturated heterocycles. The van der Waals surface area contributed by atoms with Gasteiger partial charge in [0.25, 0.3) is 0 Å². The lowest BCUT2D eigenvalue weighted by Crippen LogP contribution is -2.41. The summed E-state index contributed by atoms with van der Waals surface area (Å²) in [7, 11) is -3.68. The first-order valence-corrected chi connectivity index (χ1v) is 8.06. The normalized spacial score (nSPS) is 21.8. The standard InChI is InChI=1S/C14H19NO4S/c1-14(2)8-4-7-12(14)15-20(18,19)11-6-3-5-10(9-11)13(16)17/h3,5-6,9,12,15H,4,7-8H2,1-2H3,(H,16,17). The second kappa shape index (κ2) is 5.18. The Labute approximate surface area is 119 Å². The molecular weight excluding hydrogens is 278 g/mol. The summed E-state index contributed by atoms with van der Waals surface area (Å²) in [5, 5.41) is 8.93. The SMILES string of the molecule is CC1(C)CCCC1NS(=O)(=O)c1cccc(C(=O)O)c1. The second-order valence-electron chi connectivity index (χ2n) is 5.89. The van der Waals surface area contributed by atoms with Crippen molar-refractivity contribution in [2.75, 3.05) is 0 Å². The molecule has 1 fully saturated rings. The van der Waals surface area contributed by atoms with Crippen molar-refractivity contribution in [2.24, 2.45) is 5.41 Å². The Kier molecular flexibility index (Phi) is 3.88. The molecule has 1 aliphatic rings. The molecule has 0 bridgehead atoms. The van der Waals surface area contributed by atoms with Crippen LogP contribution in [-0.2, 0) is 10.0 Å². The van der Waals surface area contributed by atoms with E-state index in [0.717, 1.165) is 19.3 Å². The number of rotatable bonds is 4. The highest BCUT2D eigenvalue weighted by Gasteiger charge is 2.37. The van der Waals surface area contributed by atoms with E-state index in [1.807, 2.05) is 13.8 Å².